The number of piperazine rings is 1. The van der Waals surface area contributed by atoms with E-state index in [0.29, 0.717) is 31.0 Å². The van der Waals surface area contributed by atoms with Crippen molar-refractivity contribution in [3.05, 3.63) is 65.7 Å². The zero-order chi connectivity index (χ0) is 23.6. The van der Waals surface area contributed by atoms with Gasteiger partial charge in [0.2, 0.25) is 5.91 Å². The Hall–Kier alpha value is -3.46. The van der Waals surface area contributed by atoms with Crippen LogP contribution in [-0.2, 0) is 20.9 Å². The average Bonchev–Trinajstić information content (AvgIpc) is 2.83. The minimum atomic E-state index is -0.861. The van der Waals surface area contributed by atoms with Crippen molar-refractivity contribution in [2.45, 2.75) is 32.4 Å². The Morgan fingerprint density at radius 2 is 1.88 bits per heavy atom. The Bertz CT molecular complexity index is 981. The van der Waals surface area contributed by atoms with Crippen molar-refractivity contribution in [2.75, 3.05) is 19.7 Å². The normalized spacial score (nSPS) is 15.4. The number of thiocarbonyl (C=S) groups is 1. The van der Waals surface area contributed by atoms with Crippen LogP contribution in [0.2, 0.25) is 0 Å². The van der Waals surface area contributed by atoms with E-state index in [4.69, 9.17) is 21.7 Å². The first-order chi connectivity index (χ1) is 16.0. The van der Waals surface area contributed by atoms with Crippen LogP contribution in [0.1, 0.15) is 35.7 Å². The van der Waals surface area contributed by atoms with Crippen LogP contribution in [0, 0.1) is 0 Å². The fourth-order valence-electron chi connectivity index (χ4n) is 3.28. The van der Waals surface area contributed by atoms with Crippen LogP contribution < -0.4 is 15.4 Å². The predicted molar refractivity (Wildman–Crippen MR) is 127 cm³/mol. The highest BCUT2D eigenvalue weighted by atomic mass is 32.1. The lowest BCUT2D eigenvalue weighted by Gasteiger charge is -2.36. The van der Waals surface area contributed by atoms with Crippen LogP contribution in [0.15, 0.2) is 54.6 Å². The molecular weight excluding hydrogens is 442 g/mol. The van der Waals surface area contributed by atoms with E-state index in [1.165, 1.54) is 0 Å². The van der Waals surface area contributed by atoms with E-state index in [0.717, 1.165) is 12.0 Å². The van der Waals surface area contributed by atoms with Gasteiger partial charge in [0.1, 0.15) is 18.4 Å². The molecule has 1 heterocycles. The van der Waals surface area contributed by atoms with Crippen molar-refractivity contribution < 1.29 is 23.9 Å². The number of carbonyl (C=O) groups excluding carboxylic acids is 3. The predicted octanol–water partition coefficient (Wildman–Crippen LogP) is 2.42. The molecular formula is C24H27N3O5S. The molecule has 8 nitrogen and oxygen atoms in total. The molecule has 9 heteroatoms. The first-order valence-corrected chi connectivity index (χ1v) is 11.2. The molecule has 174 valence electrons. The van der Waals surface area contributed by atoms with Crippen LogP contribution in [0.3, 0.4) is 0 Å². The Balaban J connectivity index is 1.58. The highest BCUT2D eigenvalue weighted by Crippen LogP contribution is 2.14. The summed E-state index contributed by atoms with van der Waals surface area (Å²) in [5, 5.41) is 5.47. The van der Waals surface area contributed by atoms with Gasteiger partial charge in [-0.1, -0.05) is 37.3 Å². The van der Waals surface area contributed by atoms with Crippen LogP contribution >= 0.6 is 12.2 Å². The van der Waals surface area contributed by atoms with Crippen LogP contribution in [0.5, 0.6) is 5.75 Å². The van der Waals surface area contributed by atoms with Gasteiger partial charge in [0.05, 0.1) is 13.0 Å². The van der Waals surface area contributed by atoms with E-state index in [-0.39, 0.29) is 24.0 Å². The molecule has 1 aliphatic rings. The lowest BCUT2D eigenvalue weighted by Crippen LogP contribution is -2.60. The zero-order valence-electron chi connectivity index (χ0n) is 18.4. The first kappa shape index (κ1) is 24.2. The number of amides is 2. The first-order valence-electron chi connectivity index (χ1n) is 10.8. The summed E-state index contributed by atoms with van der Waals surface area (Å²) in [7, 11) is 0. The zero-order valence-corrected chi connectivity index (χ0v) is 19.2. The van der Waals surface area contributed by atoms with E-state index in [2.05, 4.69) is 10.6 Å². The van der Waals surface area contributed by atoms with E-state index in [1.807, 2.05) is 37.3 Å². The van der Waals surface area contributed by atoms with Gasteiger partial charge in [-0.25, -0.2) is 0 Å². The summed E-state index contributed by atoms with van der Waals surface area (Å²) >= 11 is 5.39. The van der Waals surface area contributed by atoms with Gasteiger partial charge in [0, 0.05) is 18.7 Å². The van der Waals surface area contributed by atoms with Gasteiger partial charge in [-0.05, 0) is 48.5 Å². The molecule has 33 heavy (non-hydrogen) atoms. The summed E-state index contributed by atoms with van der Waals surface area (Å²) in [5.74, 6) is -0.592. The summed E-state index contributed by atoms with van der Waals surface area (Å²) in [6.45, 7) is 3.45. The summed E-state index contributed by atoms with van der Waals surface area (Å²) in [4.78, 5) is 39.0. The Labute approximate surface area is 198 Å². The van der Waals surface area contributed by atoms with Crippen molar-refractivity contribution in [1.82, 2.24) is 15.5 Å². The second-order valence-corrected chi connectivity index (χ2v) is 7.87. The van der Waals surface area contributed by atoms with E-state index < -0.39 is 17.9 Å². The third kappa shape index (κ3) is 7.01. The molecule has 0 spiro atoms. The number of hydrogen-bond acceptors (Lipinski definition) is 6. The highest BCUT2D eigenvalue weighted by Gasteiger charge is 2.34. The third-order valence-corrected chi connectivity index (χ3v) is 5.34. The molecule has 1 saturated heterocycles. The van der Waals surface area contributed by atoms with E-state index >= 15 is 0 Å². The van der Waals surface area contributed by atoms with Crippen LogP contribution in [0.4, 0.5) is 0 Å². The third-order valence-electron chi connectivity index (χ3n) is 5.00. The van der Waals surface area contributed by atoms with Crippen molar-refractivity contribution in [3.8, 4) is 5.75 Å². The van der Waals surface area contributed by atoms with Gasteiger partial charge in [-0.15, -0.1) is 0 Å². The monoisotopic (exact) mass is 469 g/mol. The number of nitrogens with zero attached hydrogens (tertiary/aromatic N) is 1. The number of rotatable bonds is 8. The molecule has 1 aliphatic heterocycles. The lowest BCUT2D eigenvalue weighted by molar-refractivity contribution is -0.148. The fraction of sp³-hybridized carbons (Fsp3) is 0.333. The molecule has 1 unspecified atom stereocenters. The molecule has 0 radical (unpaired) electrons. The van der Waals surface area contributed by atoms with Gasteiger partial charge in [-0.2, -0.15) is 0 Å². The lowest BCUT2D eigenvalue weighted by atomic mass is 10.1. The van der Waals surface area contributed by atoms with Gasteiger partial charge in [0.15, 0.2) is 5.11 Å². The fourth-order valence-corrected chi connectivity index (χ4v) is 3.59. The number of nitrogens with one attached hydrogen (secondary N) is 2. The van der Waals surface area contributed by atoms with Gasteiger partial charge < -0.3 is 19.7 Å². The molecule has 2 aromatic rings. The maximum Gasteiger partial charge on any atom is 0.308 e. The maximum absolute atomic E-state index is 12.6. The molecule has 0 aromatic heterocycles. The summed E-state index contributed by atoms with van der Waals surface area (Å²) in [6, 6.07) is 15.1. The van der Waals surface area contributed by atoms with Crippen molar-refractivity contribution in [2.24, 2.45) is 0 Å². The summed E-state index contributed by atoms with van der Waals surface area (Å²) in [6.07, 6.45) is 0.707. The summed E-state index contributed by atoms with van der Waals surface area (Å²) in [5.41, 5.74) is 1.26. The minimum absolute atomic E-state index is 0.0852. The molecule has 2 N–H and O–H groups in total. The maximum atomic E-state index is 12.6. The van der Waals surface area contributed by atoms with Crippen LogP contribution in [-0.4, -0.2) is 53.5 Å². The van der Waals surface area contributed by atoms with E-state index in [1.54, 1.807) is 29.2 Å². The molecule has 1 fully saturated rings. The number of carbonyl (C=O) groups is 3. The molecule has 2 amide bonds. The number of esters is 1. The Kier molecular flexibility index (Phi) is 8.77. The topological polar surface area (TPSA) is 97.0 Å². The smallest absolute Gasteiger partial charge is 0.308 e. The van der Waals surface area contributed by atoms with Gasteiger partial charge >= 0.3 is 5.97 Å². The number of hydrogen-bond donors (Lipinski definition) is 2. The van der Waals surface area contributed by atoms with Crippen molar-refractivity contribution in [3.63, 3.8) is 0 Å². The number of benzene rings is 2. The van der Waals surface area contributed by atoms with Gasteiger partial charge in [-0.3, -0.25) is 19.7 Å². The van der Waals surface area contributed by atoms with E-state index in [9.17, 15) is 14.4 Å². The Morgan fingerprint density at radius 3 is 2.58 bits per heavy atom. The Morgan fingerprint density at radius 1 is 1.15 bits per heavy atom. The quantitative estimate of drug-likeness (QED) is 0.453. The largest absolute Gasteiger partial charge is 0.494 e. The molecule has 0 aliphatic carbocycles. The molecule has 2 aromatic carbocycles. The average molecular weight is 470 g/mol. The van der Waals surface area contributed by atoms with Gasteiger partial charge in [0.25, 0.3) is 5.91 Å². The summed E-state index contributed by atoms with van der Waals surface area (Å²) < 4.78 is 10.8. The number of ether oxygens (including phenoxy) is 2. The highest BCUT2D eigenvalue weighted by molar-refractivity contribution is 7.80. The molecule has 0 bridgehead atoms. The second-order valence-electron chi connectivity index (χ2n) is 7.48. The minimum Gasteiger partial charge on any atom is -0.494 e. The molecule has 3 rings (SSSR count). The van der Waals surface area contributed by atoms with Crippen molar-refractivity contribution >= 4 is 35.1 Å². The standard InChI is InChI=1S/C24H27N3O5S/c1-2-14-31-19-10-8-18(9-11-19)22(29)26-24(33)27-13-12-25-23(30)20(27)15-21(28)32-16-17-6-4-3-5-7-17/h3-11,20H,2,12-16H2,1H3,(H,25,30)(H,26,29,33). The molecule has 0 saturated carbocycles. The SMILES string of the molecule is CCCOc1ccc(C(=O)NC(=S)N2CCNC(=O)C2CC(=O)OCc2ccccc2)cc1. The van der Waals surface area contributed by atoms with Crippen LogP contribution in [0.25, 0.3) is 0 Å². The van der Waals surface area contributed by atoms with Crippen molar-refractivity contribution in [1.29, 1.82) is 0 Å². The molecule has 1 atom stereocenters. The second kappa shape index (κ2) is 12.0.